The predicted octanol–water partition coefficient (Wildman–Crippen LogP) is 2.74. The fourth-order valence-corrected chi connectivity index (χ4v) is 3.68. The van der Waals surface area contributed by atoms with E-state index >= 15 is 0 Å². The van der Waals surface area contributed by atoms with Gasteiger partial charge in [0.25, 0.3) is 11.8 Å². The topological polar surface area (TPSA) is 59.1 Å². The van der Waals surface area contributed by atoms with Gasteiger partial charge in [0.15, 0.2) is 0 Å². The third-order valence-corrected chi connectivity index (χ3v) is 5.34. The first-order valence-electron chi connectivity index (χ1n) is 6.32. The number of thiophene rings is 2. The second-order valence-electron chi connectivity index (χ2n) is 4.30. The lowest BCUT2D eigenvalue weighted by Crippen LogP contribution is -2.24. The van der Waals surface area contributed by atoms with E-state index in [1.807, 2.05) is 12.1 Å². The van der Waals surface area contributed by atoms with Crippen molar-refractivity contribution in [2.75, 3.05) is 28.3 Å². The Kier molecular flexibility index (Phi) is 5.30. The Labute approximate surface area is 136 Å². The zero-order chi connectivity index (χ0) is 16.3. The molecule has 22 heavy (non-hydrogen) atoms. The zero-order valence-corrected chi connectivity index (χ0v) is 14.3. The molecular weight excluding hydrogens is 324 g/mol. The fraction of sp³-hybridized carbons (Fsp3) is 0.286. The van der Waals surface area contributed by atoms with Crippen molar-refractivity contribution >= 4 is 34.5 Å². The van der Waals surface area contributed by atoms with E-state index < -0.39 is 0 Å². The molecule has 0 saturated carbocycles. The third-order valence-electron chi connectivity index (χ3n) is 3.00. The lowest BCUT2D eigenvalue weighted by Gasteiger charge is -2.11. The first-order chi connectivity index (χ1) is 10.5. The van der Waals surface area contributed by atoms with Crippen molar-refractivity contribution in [3.63, 3.8) is 0 Å². The van der Waals surface area contributed by atoms with E-state index in [-0.39, 0.29) is 11.8 Å². The molecule has 8 heteroatoms. The molecule has 118 valence electrons. The molecule has 0 spiro atoms. The van der Waals surface area contributed by atoms with Crippen molar-refractivity contribution in [3.05, 3.63) is 34.0 Å². The molecule has 2 rings (SSSR count). The highest BCUT2D eigenvalue weighted by atomic mass is 32.1. The van der Waals surface area contributed by atoms with Gasteiger partial charge in [0, 0.05) is 23.8 Å². The molecule has 0 fully saturated rings. The highest BCUT2D eigenvalue weighted by Gasteiger charge is 2.18. The molecule has 2 aromatic rings. The lowest BCUT2D eigenvalue weighted by molar-refractivity contribution is -0.0754. The van der Waals surface area contributed by atoms with Gasteiger partial charge < -0.3 is 0 Å². The molecule has 0 atom stereocenters. The molecule has 0 unspecified atom stereocenters. The maximum absolute atomic E-state index is 12.0. The average molecular weight is 340 g/mol. The molecule has 0 N–H and O–H groups in total. The van der Waals surface area contributed by atoms with Crippen LogP contribution in [0.3, 0.4) is 0 Å². The van der Waals surface area contributed by atoms with Gasteiger partial charge in [0.1, 0.15) is 0 Å². The maximum Gasteiger partial charge on any atom is 0.287 e. The van der Waals surface area contributed by atoms with Crippen LogP contribution in [0.1, 0.15) is 19.3 Å². The summed E-state index contributed by atoms with van der Waals surface area (Å²) >= 11 is 2.72. The van der Waals surface area contributed by atoms with Gasteiger partial charge in [-0.05, 0) is 24.3 Å². The number of hydrogen-bond donors (Lipinski definition) is 0. The number of carbonyl (C=O) groups excluding carboxylic acids is 2. The summed E-state index contributed by atoms with van der Waals surface area (Å²) in [5, 5.41) is 2.35. The first-order valence-corrected chi connectivity index (χ1v) is 7.95. The van der Waals surface area contributed by atoms with Crippen LogP contribution in [0.2, 0.25) is 0 Å². The number of amides is 2. The van der Waals surface area contributed by atoms with Crippen molar-refractivity contribution in [2.45, 2.75) is 0 Å². The minimum Gasteiger partial charge on any atom is -0.274 e. The summed E-state index contributed by atoms with van der Waals surface area (Å²) in [6.07, 6.45) is 0. The lowest BCUT2D eigenvalue weighted by atomic mass is 10.3. The van der Waals surface area contributed by atoms with Crippen LogP contribution in [-0.2, 0) is 9.68 Å². The van der Waals surface area contributed by atoms with Crippen LogP contribution < -0.4 is 0 Å². The number of rotatable bonds is 5. The minimum atomic E-state index is -0.203. The number of nitrogens with zero attached hydrogens (tertiary/aromatic N) is 2. The number of carbonyl (C=O) groups is 2. The van der Waals surface area contributed by atoms with Crippen molar-refractivity contribution in [2.24, 2.45) is 0 Å². The van der Waals surface area contributed by atoms with Crippen LogP contribution in [-0.4, -0.2) is 50.3 Å². The Bertz CT molecular complexity index is 622. The SMILES string of the molecule is CON(C)C(=O)c1ccc(-c2ccc(C(=O)N(C)OC)s2)s1. The zero-order valence-electron chi connectivity index (χ0n) is 12.7. The fourth-order valence-electron chi connectivity index (χ4n) is 1.65. The largest absolute Gasteiger partial charge is 0.287 e. The normalized spacial score (nSPS) is 10.5. The van der Waals surface area contributed by atoms with E-state index in [1.165, 1.54) is 47.0 Å². The summed E-state index contributed by atoms with van der Waals surface area (Å²) in [7, 11) is 6.00. The van der Waals surface area contributed by atoms with Gasteiger partial charge in [-0.2, -0.15) is 0 Å². The second kappa shape index (κ2) is 7.01. The Morgan fingerprint density at radius 3 is 1.50 bits per heavy atom. The Morgan fingerprint density at radius 1 is 0.818 bits per heavy atom. The van der Waals surface area contributed by atoms with E-state index in [0.717, 1.165) is 9.75 Å². The molecule has 6 nitrogen and oxygen atoms in total. The van der Waals surface area contributed by atoms with Crippen molar-refractivity contribution < 1.29 is 19.3 Å². The summed E-state index contributed by atoms with van der Waals surface area (Å²) in [5.41, 5.74) is 0. The Morgan fingerprint density at radius 2 is 1.18 bits per heavy atom. The second-order valence-corrected chi connectivity index (χ2v) is 6.47. The van der Waals surface area contributed by atoms with Gasteiger partial charge in [-0.3, -0.25) is 19.3 Å². The van der Waals surface area contributed by atoms with Gasteiger partial charge in [-0.15, -0.1) is 22.7 Å². The molecule has 2 amide bonds. The van der Waals surface area contributed by atoms with E-state index in [4.69, 9.17) is 9.68 Å². The Hall–Kier alpha value is -1.74. The summed E-state index contributed by atoms with van der Waals surface area (Å²) in [4.78, 5) is 36.8. The van der Waals surface area contributed by atoms with Crippen molar-refractivity contribution in [1.82, 2.24) is 10.1 Å². The summed E-state index contributed by atoms with van der Waals surface area (Å²) in [6, 6.07) is 7.23. The molecule has 2 heterocycles. The minimum absolute atomic E-state index is 0.203. The molecule has 0 aliphatic heterocycles. The molecular formula is C14H16N2O4S2. The highest BCUT2D eigenvalue weighted by Crippen LogP contribution is 2.34. The summed E-state index contributed by atoms with van der Waals surface area (Å²) in [5.74, 6) is -0.406. The standard InChI is InChI=1S/C14H16N2O4S2/c1-15(19-3)13(17)11-7-5-9(21-11)10-6-8-12(22-10)14(18)16(2)20-4/h5-8H,1-4H3. The molecule has 0 aromatic carbocycles. The maximum atomic E-state index is 12.0. The molecule has 0 aliphatic carbocycles. The van der Waals surface area contributed by atoms with Crippen molar-refractivity contribution in [1.29, 1.82) is 0 Å². The van der Waals surface area contributed by atoms with Crippen LogP contribution in [0.4, 0.5) is 0 Å². The predicted molar refractivity (Wildman–Crippen MR) is 85.8 cm³/mol. The van der Waals surface area contributed by atoms with Crippen LogP contribution in [0.15, 0.2) is 24.3 Å². The Balaban J connectivity index is 2.20. The molecule has 0 saturated heterocycles. The van der Waals surface area contributed by atoms with Crippen LogP contribution in [0.25, 0.3) is 9.75 Å². The summed E-state index contributed by atoms with van der Waals surface area (Å²) in [6.45, 7) is 0. The van der Waals surface area contributed by atoms with Gasteiger partial charge in [-0.25, -0.2) is 10.1 Å². The molecule has 0 aliphatic rings. The molecule has 0 radical (unpaired) electrons. The van der Waals surface area contributed by atoms with Crippen LogP contribution in [0.5, 0.6) is 0 Å². The van der Waals surface area contributed by atoms with Gasteiger partial charge in [0.05, 0.1) is 24.0 Å². The smallest absolute Gasteiger partial charge is 0.274 e. The number of hydrogen-bond acceptors (Lipinski definition) is 6. The highest BCUT2D eigenvalue weighted by molar-refractivity contribution is 7.23. The quantitative estimate of drug-likeness (QED) is 0.785. The van der Waals surface area contributed by atoms with E-state index in [2.05, 4.69) is 0 Å². The van der Waals surface area contributed by atoms with Gasteiger partial charge >= 0.3 is 0 Å². The third kappa shape index (κ3) is 3.36. The molecule has 0 bridgehead atoms. The van der Waals surface area contributed by atoms with Gasteiger partial charge in [0.2, 0.25) is 0 Å². The van der Waals surface area contributed by atoms with E-state index in [0.29, 0.717) is 9.75 Å². The monoisotopic (exact) mass is 340 g/mol. The molecule has 2 aromatic heterocycles. The first kappa shape index (κ1) is 16.6. The van der Waals surface area contributed by atoms with Crippen LogP contribution >= 0.6 is 22.7 Å². The van der Waals surface area contributed by atoms with E-state index in [1.54, 1.807) is 26.2 Å². The van der Waals surface area contributed by atoms with E-state index in [9.17, 15) is 9.59 Å². The summed E-state index contributed by atoms with van der Waals surface area (Å²) < 4.78 is 0. The van der Waals surface area contributed by atoms with Crippen molar-refractivity contribution in [3.8, 4) is 9.75 Å². The number of hydroxylamine groups is 4. The van der Waals surface area contributed by atoms with Crippen LogP contribution in [0, 0.1) is 0 Å². The van der Waals surface area contributed by atoms with Gasteiger partial charge in [-0.1, -0.05) is 0 Å². The average Bonchev–Trinajstić information content (AvgIpc) is 3.20.